The Balaban J connectivity index is 1.26. The molecular weight excluding hydrogens is 494 g/mol. The largest absolute Gasteiger partial charge is 0.486 e. The highest BCUT2D eigenvalue weighted by Crippen LogP contribution is 2.51. The Morgan fingerprint density at radius 3 is 2.54 bits per heavy atom. The van der Waals surface area contributed by atoms with Crippen molar-refractivity contribution in [1.82, 2.24) is 0 Å². The van der Waals surface area contributed by atoms with E-state index >= 15 is 0 Å². The van der Waals surface area contributed by atoms with Gasteiger partial charge in [-0.1, -0.05) is 45.9 Å². The second kappa shape index (κ2) is 9.21. The van der Waals surface area contributed by atoms with Crippen LogP contribution >= 0.6 is 0 Å². The molecule has 1 amide bonds. The molecular formula is C33H38F2N2O2. The smallest absolute Gasteiger partial charge is 0.273 e. The van der Waals surface area contributed by atoms with Crippen molar-refractivity contribution in [3.63, 3.8) is 0 Å². The maximum atomic E-state index is 14.9. The van der Waals surface area contributed by atoms with Gasteiger partial charge in [-0.3, -0.25) is 4.79 Å². The number of ether oxygens (including phenoxy) is 1. The molecule has 2 aliphatic heterocycles. The second-order valence-corrected chi connectivity index (χ2v) is 12.8. The Bertz CT molecular complexity index is 1390. The first kappa shape index (κ1) is 26.1. The highest BCUT2D eigenvalue weighted by molar-refractivity contribution is 6.05. The van der Waals surface area contributed by atoms with Crippen LogP contribution in [0.3, 0.4) is 0 Å². The maximum Gasteiger partial charge on any atom is 0.273 e. The highest BCUT2D eigenvalue weighted by atomic mass is 19.3. The predicted octanol–water partition coefficient (Wildman–Crippen LogP) is 8.69. The molecule has 2 N–H and O–H groups in total. The normalized spacial score (nSPS) is 21.6. The van der Waals surface area contributed by atoms with Crippen molar-refractivity contribution >= 4 is 22.9 Å². The fourth-order valence-electron chi connectivity index (χ4n) is 6.59. The average molecular weight is 533 g/mol. The van der Waals surface area contributed by atoms with E-state index in [1.807, 2.05) is 12.1 Å². The fraction of sp³-hybridized carbons (Fsp3) is 0.485. The number of carbonyl (C=O) groups excluding carboxylic acids is 1. The van der Waals surface area contributed by atoms with E-state index in [2.05, 4.69) is 30.5 Å². The fourth-order valence-corrected chi connectivity index (χ4v) is 6.59. The number of alkyl halides is 2. The third kappa shape index (κ3) is 4.66. The van der Waals surface area contributed by atoms with Crippen molar-refractivity contribution in [2.24, 2.45) is 5.92 Å². The van der Waals surface area contributed by atoms with Gasteiger partial charge in [-0.2, -0.15) is 0 Å². The summed E-state index contributed by atoms with van der Waals surface area (Å²) in [5.74, 6) is -2.82. The van der Waals surface area contributed by atoms with E-state index in [1.54, 1.807) is 26.0 Å². The molecule has 4 aliphatic rings. The van der Waals surface area contributed by atoms with E-state index in [-0.39, 0.29) is 29.2 Å². The topological polar surface area (TPSA) is 50.4 Å². The number of benzene rings is 2. The lowest BCUT2D eigenvalue weighted by atomic mass is 9.72. The molecule has 0 unspecified atom stereocenters. The number of halogens is 2. The molecule has 0 radical (unpaired) electrons. The molecule has 2 aliphatic carbocycles. The zero-order valence-electron chi connectivity index (χ0n) is 23.3. The van der Waals surface area contributed by atoms with Crippen LogP contribution in [0.15, 0.2) is 53.7 Å². The van der Waals surface area contributed by atoms with E-state index in [1.165, 1.54) is 35.4 Å². The van der Waals surface area contributed by atoms with Gasteiger partial charge in [0, 0.05) is 52.5 Å². The van der Waals surface area contributed by atoms with Gasteiger partial charge in [-0.05, 0) is 79.4 Å². The second-order valence-electron chi connectivity index (χ2n) is 12.8. The van der Waals surface area contributed by atoms with Crippen molar-refractivity contribution in [1.29, 1.82) is 0 Å². The molecule has 206 valence electrons. The average Bonchev–Trinajstić information content (AvgIpc) is 3.05. The minimum absolute atomic E-state index is 0.0278. The van der Waals surface area contributed by atoms with E-state index < -0.39 is 11.5 Å². The van der Waals surface area contributed by atoms with Crippen LogP contribution in [0.25, 0.3) is 5.57 Å². The van der Waals surface area contributed by atoms with Gasteiger partial charge in [0.1, 0.15) is 11.4 Å². The van der Waals surface area contributed by atoms with E-state index in [0.717, 1.165) is 54.6 Å². The van der Waals surface area contributed by atoms with Gasteiger partial charge in [0.2, 0.25) is 5.91 Å². The molecule has 2 fully saturated rings. The van der Waals surface area contributed by atoms with Gasteiger partial charge in [-0.15, -0.1) is 0 Å². The monoisotopic (exact) mass is 532 g/mol. The Morgan fingerprint density at radius 2 is 1.90 bits per heavy atom. The molecule has 2 aromatic carbocycles. The van der Waals surface area contributed by atoms with Crippen LogP contribution in [0.4, 0.5) is 20.2 Å². The van der Waals surface area contributed by atoms with Crippen LogP contribution in [0.5, 0.6) is 5.75 Å². The Hall–Kier alpha value is -3.15. The minimum Gasteiger partial charge on any atom is -0.486 e. The van der Waals surface area contributed by atoms with Crippen LogP contribution in [-0.2, 0) is 16.1 Å². The van der Waals surface area contributed by atoms with Gasteiger partial charge in [0.05, 0.1) is 0 Å². The van der Waals surface area contributed by atoms with Crippen molar-refractivity contribution in [2.45, 2.75) is 96.0 Å². The number of nitrogens with one attached hydrogen (secondary N) is 2. The molecule has 4 nitrogen and oxygen atoms in total. The summed E-state index contributed by atoms with van der Waals surface area (Å²) in [5.41, 5.74) is 6.88. The Morgan fingerprint density at radius 1 is 1.13 bits per heavy atom. The van der Waals surface area contributed by atoms with Crippen LogP contribution in [-0.4, -0.2) is 11.5 Å². The van der Waals surface area contributed by atoms with Crippen molar-refractivity contribution < 1.29 is 18.3 Å². The first-order valence-corrected chi connectivity index (χ1v) is 14.3. The SMILES string of the molecule is CC(C)CC(F)(F)c1ccc2c(c1)OC1(CCC1)C/C2=C\C(=O)Nc1ccc2c(c1)NC(=C1CCC1)C2(C)C. The molecule has 1 spiro atoms. The maximum absolute atomic E-state index is 14.9. The number of fused-ring (bicyclic) bond motifs is 2. The molecule has 0 saturated heterocycles. The summed E-state index contributed by atoms with van der Waals surface area (Å²) in [6, 6.07) is 10.7. The van der Waals surface area contributed by atoms with Crippen LogP contribution in [0, 0.1) is 5.92 Å². The third-order valence-corrected chi connectivity index (χ3v) is 8.98. The lowest BCUT2D eigenvalue weighted by Gasteiger charge is -2.46. The molecule has 39 heavy (non-hydrogen) atoms. The van der Waals surface area contributed by atoms with Gasteiger partial charge in [0.25, 0.3) is 5.92 Å². The lowest BCUT2D eigenvalue weighted by Crippen LogP contribution is -2.45. The Kier molecular flexibility index (Phi) is 6.16. The summed E-state index contributed by atoms with van der Waals surface area (Å²) in [4.78, 5) is 13.2. The number of hydrogen-bond donors (Lipinski definition) is 2. The standard InChI is InChI=1S/C33H38F2N2O2/c1-20(2)18-33(34,35)23-9-11-25-22(19-32(13-6-14-32)39-28(25)16-23)15-29(38)36-24-10-12-26-27(17-24)37-30(31(26,3)4)21-7-5-8-21/h9-12,15-17,20,37H,5-8,13-14,18-19H2,1-4H3,(H,36,38)/b22-15+. The Labute approximate surface area is 229 Å². The number of hydrogen-bond acceptors (Lipinski definition) is 3. The van der Waals surface area contributed by atoms with Crippen LogP contribution in [0.1, 0.15) is 95.8 Å². The molecule has 2 heterocycles. The van der Waals surface area contributed by atoms with Gasteiger partial charge < -0.3 is 15.4 Å². The summed E-state index contributed by atoms with van der Waals surface area (Å²) in [6.07, 6.45) is 8.33. The molecule has 2 aromatic rings. The number of amides is 1. The van der Waals surface area contributed by atoms with Gasteiger partial charge >= 0.3 is 0 Å². The quantitative estimate of drug-likeness (QED) is 0.379. The first-order valence-electron chi connectivity index (χ1n) is 14.3. The van der Waals surface area contributed by atoms with Crippen molar-refractivity contribution in [2.75, 3.05) is 10.6 Å². The molecule has 6 rings (SSSR count). The predicted molar refractivity (Wildman–Crippen MR) is 152 cm³/mol. The summed E-state index contributed by atoms with van der Waals surface area (Å²) in [5, 5.41) is 6.66. The third-order valence-electron chi connectivity index (χ3n) is 8.98. The molecule has 2 saturated carbocycles. The van der Waals surface area contributed by atoms with E-state index in [4.69, 9.17) is 4.74 Å². The van der Waals surface area contributed by atoms with E-state index in [0.29, 0.717) is 12.2 Å². The van der Waals surface area contributed by atoms with Gasteiger partial charge in [-0.25, -0.2) is 8.78 Å². The number of allylic oxidation sites excluding steroid dienone is 2. The number of rotatable bonds is 5. The van der Waals surface area contributed by atoms with Crippen LogP contribution < -0.4 is 15.4 Å². The molecule has 6 heteroatoms. The first-order chi connectivity index (χ1) is 18.5. The molecule has 0 aromatic heterocycles. The van der Waals surface area contributed by atoms with E-state index in [9.17, 15) is 13.6 Å². The summed E-state index contributed by atoms with van der Waals surface area (Å²) < 4.78 is 36.1. The number of carbonyl (C=O) groups is 1. The molecule has 0 atom stereocenters. The highest BCUT2D eigenvalue weighted by Gasteiger charge is 2.45. The van der Waals surface area contributed by atoms with Crippen molar-refractivity contribution in [3.05, 3.63) is 70.4 Å². The lowest BCUT2D eigenvalue weighted by molar-refractivity contribution is -0.111. The summed E-state index contributed by atoms with van der Waals surface area (Å²) in [7, 11) is 0. The number of anilines is 2. The zero-order valence-corrected chi connectivity index (χ0v) is 23.3. The van der Waals surface area contributed by atoms with Crippen LogP contribution in [0.2, 0.25) is 0 Å². The summed E-state index contributed by atoms with van der Waals surface area (Å²) >= 11 is 0. The van der Waals surface area contributed by atoms with Gasteiger partial charge in [0.15, 0.2) is 0 Å². The zero-order chi connectivity index (χ0) is 27.6. The molecule has 0 bridgehead atoms. The summed E-state index contributed by atoms with van der Waals surface area (Å²) in [6.45, 7) is 8.10. The minimum atomic E-state index is -2.93. The van der Waals surface area contributed by atoms with Crippen molar-refractivity contribution in [3.8, 4) is 5.75 Å².